The molecule has 3 heterocycles. The molecule has 0 bridgehead atoms. The van der Waals surface area contributed by atoms with Crippen LogP contribution >= 0.6 is 0 Å². The van der Waals surface area contributed by atoms with Gasteiger partial charge in [0.25, 0.3) is 0 Å². The van der Waals surface area contributed by atoms with Gasteiger partial charge in [-0.2, -0.15) is 0 Å². The van der Waals surface area contributed by atoms with Crippen LogP contribution in [-0.2, 0) is 6.54 Å². The quantitative estimate of drug-likeness (QED) is 0.776. The number of anilines is 1. The minimum Gasteiger partial charge on any atom is -0.390 e. The first-order valence-corrected chi connectivity index (χ1v) is 8.40. The van der Waals surface area contributed by atoms with Crippen molar-refractivity contribution in [1.82, 2.24) is 14.9 Å². The molecule has 0 unspecified atom stereocenters. The van der Waals surface area contributed by atoms with E-state index in [1.807, 2.05) is 18.3 Å². The lowest BCUT2D eigenvalue weighted by atomic mass is 10.1. The van der Waals surface area contributed by atoms with Crippen molar-refractivity contribution in [2.75, 3.05) is 31.1 Å². The molecule has 1 fully saturated rings. The van der Waals surface area contributed by atoms with Gasteiger partial charge in [-0.15, -0.1) is 0 Å². The van der Waals surface area contributed by atoms with Crippen molar-refractivity contribution in [3.8, 4) is 0 Å². The maximum absolute atomic E-state index is 10.4. The summed E-state index contributed by atoms with van der Waals surface area (Å²) in [6.45, 7) is 4.03. The molecule has 124 valence electrons. The van der Waals surface area contributed by atoms with Crippen molar-refractivity contribution in [3.63, 3.8) is 0 Å². The van der Waals surface area contributed by atoms with Crippen LogP contribution in [0.5, 0.6) is 0 Å². The molecule has 24 heavy (non-hydrogen) atoms. The highest BCUT2D eigenvalue weighted by molar-refractivity contribution is 5.82. The van der Waals surface area contributed by atoms with Gasteiger partial charge in [0, 0.05) is 62.5 Å². The van der Waals surface area contributed by atoms with Gasteiger partial charge < -0.3 is 15.0 Å². The predicted octanol–water partition coefficient (Wildman–Crippen LogP) is 2.25. The van der Waals surface area contributed by atoms with E-state index in [4.69, 9.17) is 0 Å². The minimum absolute atomic E-state index is 0.358. The summed E-state index contributed by atoms with van der Waals surface area (Å²) in [7, 11) is 0. The van der Waals surface area contributed by atoms with E-state index in [-0.39, 0.29) is 6.10 Å². The van der Waals surface area contributed by atoms with Gasteiger partial charge in [0.2, 0.25) is 0 Å². The lowest BCUT2D eigenvalue weighted by molar-refractivity contribution is 0.129. The van der Waals surface area contributed by atoms with E-state index >= 15 is 0 Å². The second-order valence-electron chi connectivity index (χ2n) is 6.40. The van der Waals surface area contributed by atoms with Gasteiger partial charge in [0.05, 0.1) is 6.10 Å². The fourth-order valence-corrected chi connectivity index (χ4v) is 3.51. The summed E-state index contributed by atoms with van der Waals surface area (Å²) in [5.41, 5.74) is 3.60. The molecule has 2 aromatic heterocycles. The first-order valence-electron chi connectivity index (χ1n) is 8.40. The van der Waals surface area contributed by atoms with Crippen LogP contribution in [0.3, 0.4) is 0 Å². The number of aliphatic hydroxyl groups is 1. The number of para-hydroxylation sites is 1. The molecule has 0 spiro atoms. The van der Waals surface area contributed by atoms with Crippen molar-refractivity contribution in [1.29, 1.82) is 0 Å². The van der Waals surface area contributed by atoms with Crippen LogP contribution in [0.1, 0.15) is 5.56 Å². The zero-order chi connectivity index (χ0) is 16.4. The number of β-amino-alcohol motifs (C(OH)–C–C–N with tert-alkyl or cyclic N) is 1. The molecular weight excluding hydrogens is 300 g/mol. The Labute approximate surface area is 141 Å². The van der Waals surface area contributed by atoms with Gasteiger partial charge in [0.15, 0.2) is 0 Å². The molecule has 0 radical (unpaired) electrons. The molecule has 1 aromatic carbocycles. The average Bonchev–Trinajstić information content (AvgIpc) is 3.01. The number of hydrogen-bond donors (Lipinski definition) is 2. The lowest BCUT2D eigenvalue weighted by Gasteiger charge is -2.23. The Morgan fingerprint density at radius 3 is 2.83 bits per heavy atom. The predicted molar refractivity (Wildman–Crippen MR) is 96.0 cm³/mol. The normalized spacial score (nSPS) is 19.5. The third-order valence-electron chi connectivity index (χ3n) is 4.68. The first kappa shape index (κ1) is 15.2. The highest BCUT2D eigenvalue weighted by Gasteiger charge is 2.22. The topological polar surface area (TPSA) is 55.4 Å². The molecule has 1 atom stereocenters. The molecule has 1 saturated heterocycles. The SMILES string of the molecule is O[C@@H]1CN(Cc2cccc3cc[nH]c23)CCN(c2ccncc2)C1. The Morgan fingerprint density at radius 1 is 1.08 bits per heavy atom. The van der Waals surface area contributed by atoms with E-state index in [0.29, 0.717) is 13.1 Å². The summed E-state index contributed by atoms with van der Waals surface area (Å²) in [4.78, 5) is 12.0. The molecule has 4 rings (SSSR count). The standard InChI is InChI=1S/C19H22N4O/c24-18-13-22(10-11-23(14-18)17-5-7-20-8-6-17)12-16-3-1-2-15-4-9-21-19(15)16/h1-9,18,21,24H,10-14H2/t18-/m1/s1. The molecule has 0 amide bonds. The zero-order valence-corrected chi connectivity index (χ0v) is 13.6. The van der Waals surface area contributed by atoms with Crippen LogP contribution in [0.2, 0.25) is 0 Å². The summed E-state index contributed by atoms with van der Waals surface area (Å²) >= 11 is 0. The van der Waals surface area contributed by atoms with Gasteiger partial charge in [-0.3, -0.25) is 9.88 Å². The maximum atomic E-state index is 10.4. The number of nitrogens with one attached hydrogen (secondary N) is 1. The highest BCUT2D eigenvalue weighted by atomic mass is 16.3. The van der Waals surface area contributed by atoms with Gasteiger partial charge in [-0.1, -0.05) is 18.2 Å². The second-order valence-corrected chi connectivity index (χ2v) is 6.40. The maximum Gasteiger partial charge on any atom is 0.0841 e. The number of aliphatic hydroxyl groups excluding tert-OH is 1. The molecule has 1 aliphatic heterocycles. The van der Waals surface area contributed by atoms with Crippen LogP contribution < -0.4 is 4.90 Å². The largest absolute Gasteiger partial charge is 0.390 e. The molecule has 0 saturated carbocycles. The van der Waals surface area contributed by atoms with E-state index < -0.39 is 0 Å². The van der Waals surface area contributed by atoms with Crippen LogP contribution in [0.4, 0.5) is 5.69 Å². The molecular formula is C19H22N4O. The fourth-order valence-electron chi connectivity index (χ4n) is 3.51. The summed E-state index contributed by atoms with van der Waals surface area (Å²) < 4.78 is 0. The van der Waals surface area contributed by atoms with E-state index in [0.717, 1.165) is 25.3 Å². The summed E-state index contributed by atoms with van der Waals surface area (Å²) in [6.07, 6.45) is 5.23. The Bertz CT molecular complexity index is 801. The Morgan fingerprint density at radius 2 is 1.96 bits per heavy atom. The zero-order valence-electron chi connectivity index (χ0n) is 13.6. The number of aromatic amines is 1. The van der Waals surface area contributed by atoms with Crippen LogP contribution in [0, 0.1) is 0 Å². The summed E-state index contributed by atoms with van der Waals surface area (Å²) in [5, 5.41) is 11.7. The Kier molecular flexibility index (Phi) is 4.19. The van der Waals surface area contributed by atoms with E-state index in [2.05, 4.69) is 44.0 Å². The van der Waals surface area contributed by atoms with Gasteiger partial charge in [0.1, 0.15) is 0 Å². The number of fused-ring (bicyclic) bond motifs is 1. The number of H-pyrrole nitrogens is 1. The number of pyridine rings is 1. The van der Waals surface area contributed by atoms with Gasteiger partial charge >= 0.3 is 0 Å². The number of hydrogen-bond acceptors (Lipinski definition) is 4. The van der Waals surface area contributed by atoms with E-state index in [9.17, 15) is 5.11 Å². The smallest absolute Gasteiger partial charge is 0.0841 e. The molecule has 3 aromatic rings. The molecule has 5 heteroatoms. The molecule has 5 nitrogen and oxygen atoms in total. The number of benzene rings is 1. The minimum atomic E-state index is -0.358. The monoisotopic (exact) mass is 322 g/mol. The Hall–Kier alpha value is -2.37. The van der Waals surface area contributed by atoms with Gasteiger partial charge in [-0.05, 0) is 29.1 Å². The average molecular weight is 322 g/mol. The number of aromatic nitrogens is 2. The van der Waals surface area contributed by atoms with E-state index in [1.54, 1.807) is 12.4 Å². The molecule has 2 N–H and O–H groups in total. The summed E-state index contributed by atoms with van der Waals surface area (Å²) in [5.74, 6) is 0. The van der Waals surface area contributed by atoms with Crippen LogP contribution in [-0.4, -0.2) is 52.3 Å². The molecule has 0 aliphatic carbocycles. The number of rotatable bonds is 3. The fraction of sp³-hybridized carbons (Fsp3) is 0.316. The van der Waals surface area contributed by atoms with Crippen molar-refractivity contribution in [2.24, 2.45) is 0 Å². The Balaban J connectivity index is 1.50. The lowest BCUT2D eigenvalue weighted by Crippen LogP contribution is -2.33. The van der Waals surface area contributed by atoms with Crippen LogP contribution in [0.25, 0.3) is 10.9 Å². The van der Waals surface area contributed by atoms with Crippen molar-refractivity contribution >= 4 is 16.6 Å². The third-order valence-corrected chi connectivity index (χ3v) is 4.68. The van der Waals surface area contributed by atoms with Gasteiger partial charge in [-0.25, -0.2) is 0 Å². The second kappa shape index (κ2) is 6.63. The van der Waals surface area contributed by atoms with E-state index in [1.165, 1.54) is 16.5 Å². The molecule has 1 aliphatic rings. The van der Waals surface area contributed by atoms with Crippen LogP contribution in [0.15, 0.2) is 55.0 Å². The number of nitrogens with zero attached hydrogens (tertiary/aromatic N) is 3. The summed E-state index contributed by atoms with van der Waals surface area (Å²) in [6, 6.07) is 12.5. The van der Waals surface area contributed by atoms with Crippen molar-refractivity contribution in [3.05, 3.63) is 60.6 Å². The van der Waals surface area contributed by atoms with Crippen molar-refractivity contribution in [2.45, 2.75) is 12.6 Å². The highest BCUT2D eigenvalue weighted by Crippen LogP contribution is 2.20. The first-order chi connectivity index (χ1) is 11.8. The third kappa shape index (κ3) is 3.13. The van der Waals surface area contributed by atoms with Crippen molar-refractivity contribution < 1.29 is 5.11 Å².